The molecule has 1 N–H and O–H groups in total. The zero-order valence-electron chi connectivity index (χ0n) is 12.4. The Hall–Kier alpha value is -1.09. The molecule has 0 aromatic heterocycles. The standard InChI is InChI=1S/C16H25NOS/c1-5-7-13(6-2)8-9-14-12-15(17-19-4)10-11-16(14)18-3/h8-13,17H,5-7H2,1-4H3/b9-8+. The highest BCUT2D eigenvalue weighted by Crippen LogP contribution is 2.26. The van der Waals surface area contributed by atoms with Gasteiger partial charge in [-0.1, -0.05) is 44.4 Å². The Morgan fingerprint density at radius 1 is 1.37 bits per heavy atom. The van der Waals surface area contributed by atoms with Crippen molar-refractivity contribution in [2.45, 2.75) is 33.1 Å². The third kappa shape index (κ3) is 5.19. The Kier molecular flexibility index (Phi) is 7.49. The summed E-state index contributed by atoms with van der Waals surface area (Å²) in [6, 6.07) is 6.18. The molecule has 1 atom stereocenters. The van der Waals surface area contributed by atoms with E-state index in [1.807, 2.05) is 18.4 Å². The topological polar surface area (TPSA) is 21.3 Å². The Bertz CT molecular complexity index is 404. The second kappa shape index (κ2) is 8.92. The normalized spacial score (nSPS) is 12.6. The first-order chi connectivity index (χ1) is 9.24. The van der Waals surface area contributed by atoms with Gasteiger partial charge >= 0.3 is 0 Å². The smallest absolute Gasteiger partial charge is 0.126 e. The summed E-state index contributed by atoms with van der Waals surface area (Å²) in [5, 5.41) is 0. The first kappa shape index (κ1) is 16.0. The monoisotopic (exact) mass is 279 g/mol. The molecule has 106 valence electrons. The van der Waals surface area contributed by atoms with Gasteiger partial charge in [0.2, 0.25) is 0 Å². The number of anilines is 1. The van der Waals surface area contributed by atoms with E-state index in [0.717, 1.165) is 17.0 Å². The Morgan fingerprint density at radius 3 is 2.74 bits per heavy atom. The van der Waals surface area contributed by atoms with Crippen LogP contribution in [0.25, 0.3) is 6.08 Å². The quantitative estimate of drug-likeness (QED) is 0.659. The largest absolute Gasteiger partial charge is 0.496 e. The van der Waals surface area contributed by atoms with Gasteiger partial charge in [-0.15, -0.1) is 0 Å². The third-order valence-corrected chi connectivity index (χ3v) is 3.62. The lowest BCUT2D eigenvalue weighted by molar-refractivity contribution is 0.414. The van der Waals surface area contributed by atoms with E-state index in [9.17, 15) is 0 Å². The third-order valence-electron chi connectivity index (χ3n) is 3.18. The molecule has 0 saturated carbocycles. The molecule has 0 aliphatic heterocycles. The van der Waals surface area contributed by atoms with Gasteiger partial charge in [-0.05, 0) is 37.0 Å². The number of hydrogen-bond donors (Lipinski definition) is 1. The fourth-order valence-electron chi connectivity index (χ4n) is 2.09. The minimum Gasteiger partial charge on any atom is -0.496 e. The van der Waals surface area contributed by atoms with Gasteiger partial charge in [0.15, 0.2) is 0 Å². The van der Waals surface area contributed by atoms with Crippen molar-refractivity contribution in [2.75, 3.05) is 18.1 Å². The molecule has 3 heteroatoms. The van der Waals surface area contributed by atoms with E-state index < -0.39 is 0 Å². The van der Waals surface area contributed by atoms with E-state index in [1.165, 1.54) is 19.3 Å². The maximum absolute atomic E-state index is 5.42. The van der Waals surface area contributed by atoms with Crippen LogP contribution in [0.4, 0.5) is 5.69 Å². The molecular formula is C16H25NOS. The molecule has 1 unspecified atom stereocenters. The summed E-state index contributed by atoms with van der Waals surface area (Å²) in [5.74, 6) is 1.58. The van der Waals surface area contributed by atoms with Gasteiger partial charge in [0, 0.05) is 17.5 Å². The van der Waals surface area contributed by atoms with Crippen LogP contribution >= 0.6 is 11.9 Å². The van der Waals surface area contributed by atoms with E-state index in [-0.39, 0.29) is 0 Å². The summed E-state index contributed by atoms with van der Waals surface area (Å²) >= 11 is 1.60. The number of rotatable bonds is 8. The van der Waals surface area contributed by atoms with Crippen LogP contribution in [-0.2, 0) is 0 Å². The molecule has 0 bridgehead atoms. The van der Waals surface area contributed by atoms with Crippen LogP contribution in [0.5, 0.6) is 5.75 Å². The van der Waals surface area contributed by atoms with E-state index >= 15 is 0 Å². The number of methoxy groups -OCH3 is 1. The van der Waals surface area contributed by atoms with Crippen LogP contribution in [0.3, 0.4) is 0 Å². The summed E-state index contributed by atoms with van der Waals surface area (Å²) in [7, 11) is 1.72. The molecule has 0 aliphatic carbocycles. The Labute approximate surface area is 121 Å². The highest BCUT2D eigenvalue weighted by Gasteiger charge is 2.04. The second-order valence-corrected chi connectivity index (χ2v) is 5.19. The van der Waals surface area contributed by atoms with Crippen LogP contribution in [0, 0.1) is 5.92 Å². The maximum Gasteiger partial charge on any atom is 0.126 e. The van der Waals surface area contributed by atoms with E-state index in [2.05, 4.69) is 36.8 Å². The van der Waals surface area contributed by atoms with Crippen LogP contribution in [0.1, 0.15) is 38.7 Å². The summed E-state index contributed by atoms with van der Waals surface area (Å²) < 4.78 is 8.67. The minimum atomic E-state index is 0.659. The molecule has 0 saturated heterocycles. The van der Waals surface area contributed by atoms with Crippen molar-refractivity contribution in [3.8, 4) is 5.75 Å². The first-order valence-electron chi connectivity index (χ1n) is 6.90. The van der Waals surface area contributed by atoms with E-state index in [0.29, 0.717) is 5.92 Å². The van der Waals surface area contributed by atoms with Crippen LogP contribution in [0.2, 0.25) is 0 Å². The first-order valence-corrected chi connectivity index (χ1v) is 8.12. The predicted molar refractivity (Wildman–Crippen MR) is 87.9 cm³/mol. The highest BCUT2D eigenvalue weighted by molar-refractivity contribution is 7.99. The molecule has 0 amide bonds. The summed E-state index contributed by atoms with van der Waals surface area (Å²) in [6.45, 7) is 4.48. The number of allylic oxidation sites excluding steroid dienone is 1. The molecule has 0 fully saturated rings. The molecule has 0 spiro atoms. The lowest BCUT2D eigenvalue weighted by atomic mass is 9.99. The van der Waals surface area contributed by atoms with Crippen molar-refractivity contribution < 1.29 is 4.74 Å². The molecule has 19 heavy (non-hydrogen) atoms. The maximum atomic E-state index is 5.42. The average Bonchev–Trinajstić information content (AvgIpc) is 2.44. The second-order valence-electron chi connectivity index (χ2n) is 4.58. The molecule has 1 rings (SSSR count). The van der Waals surface area contributed by atoms with Crippen molar-refractivity contribution in [2.24, 2.45) is 5.92 Å². The van der Waals surface area contributed by atoms with Crippen molar-refractivity contribution in [3.05, 3.63) is 29.8 Å². The van der Waals surface area contributed by atoms with E-state index in [4.69, 9.17) is 4.74 Å². The molecule has 0 heterocycles. The fraction of sp³-hybridized carbons (Fsp3) is 0.500. The van der Waals surface area contributed by atoms with Crippen molar-refractivity contribution in [1.82, 2.24) is 0 Å². The molecule has 2 nitrogen and oxygen atoms in total. The number of ether oxygens (including phenoxy) is 1. The van der Waals surface area contributed by atoms with Gasteiger partial charge < -0.3 is 9.46 Å². The number of hydrogen-bond acceptors (Lipinski definition) is 3. The van der Waals surface area contributed by atoms with Crippen LogP contribution < -0.4 is 9.46 Å². The zero-order valence-corrected chi connectivity index (χ0v) is 13.2. The van der Waals surface area contributed by atoms with E-state index in [1.54, 1.807) is 19.1 Å². The van der Waals surface area contributed by atoms with Crippen molar-refractivity contribution in [3.63, 3.8) is 0 Å². The summed E-state index contributed by atoms with van der Waals surface area (Å²) in [6.07, 6.45) is 10.2. The molecule has 1 aromatic rings. The lowest BCUT2D eigenvalue weighted by Gasteiger charge is -2.10. The molecule has 0 radical (unpaired) electrons. The van der Waals surface area contributed by atoms with Gasteiger partial charge in [0.25, 0.3) is 0 Å². The van der Waals surface area contributed by atoms with Gasteiger partial charge in [0.05, 0.1) is 7.11 Å². The van der Waals surface area contributed by atoms with Gasteiger partial charge in [-0.3, -0.25) is 0 Å². The highest BCUT2D eigenvalue weighted by atomic mass is 32.2. The molecule has 1 aromatic carbocycles. The predicted octanol–water partition coefficient (Wildman–Crippen LogP) is 5.22. The minimum absolute atomic E-state index is 0.659. The van der Waals surface area contributed by atoms with Crippen LogP contribution in [-0.4, -0.2) is 13.4 Å². The lowest BCUT2D eigenvalue weighted by Crippen LogP contribution is -1.94. The molecular weight excluding hydrogens is 254 g/mol. The van der Waals surface area contributed by atoms with Crippen molar-refractivity contribution >= 4 is 23.7 Å². The van der Waals surface area contributed by atoms with Crippen LogP contribution in [0.15, 0.2) is 24.3 Å². The van der Waals surface area contributed by atoms with Gasteiger partial charge in [-0.2, -0.15) is 0 Å². The summed E-state index contributed by atoms with van der Waals surface area (Å²) in [5.41, 5.74) is 2.24. The average molecular weight is 279 g/mol. The summed E-state index contributed by atoms with van der Waals surface area (Å²) in [4.78, 5) is 0. The van der Waals surface area contributed by atoms with Gasteiger partial charge in [-0.25, -0.2) is 0 Å². The Morgan fingerprint density at radius 2 is 2.16 bits per heavy atom. The molecule has 0 aliphatic rings. The van der Waals surface area contributed by atoms with Gasteiger partial charge in [0.1, 0.15) is 5.75 Å². The fourth-order valence-corrected chi connectivity index (χ4v) is 2.46. The van der Waals surface area contributed by atoms with Crippen molar-refractivity contribution in [1.29, 1.82) is 0 Å². The zero-order chi connectivity index (χ0) is 14.1. The number of benzene rings is 1. The number of nitrogens with one attached hydrogen (secondary N) is 1. The Balaban J connectivity index is 2.89. The SMILES string of the molecule is CCCC(/C=C/c1cc(NSC)ccc1OC)CC.